The molecule has 0 aliphatic heterocycles. The minimum Gasteiger partial charge on any atom is -0.472 e. The number of halogens is 2. The molecule has 1 unspecified atom stereocenters. The van der Waals surface area contributed by atoms with E-state index in [9.17, 15) is 8.78 Å². The number of nitrogens with one attached hydrogen (secondary N) is 1. The molecular formula is C8H11F2NO. The van der Waals surface area contributed by atoms with Crippen molar-refractivity contribution in [2.45, 2.75) is 25.9 Å². The van der Waals surface area contributed by atoms with E-state index < -0.39 is 12.5 Å². The first-order valence-corrected chi connectivity index (χ1v) is 3.72. The highest BCUT2D eigenvalue weighted by molar-refractivity contribution is 5.04. The summed E-state index contributed by atoms with van der Waals surface area (Å²) in [6.07, 6.45) is 0.729. The summed E-state index contributed by atoms with van der Waals surface area (Å²) in [6.45, 7) is 1.87. The van der Waals surface area contributed by atoms with E-state index in [-0.39, 0.29) is 0 Å². The third-order valence-corrected chi connectivity index (χ3v) is 1.59. The molecule has 0 amide bonds. The summed E-state index contributed by atoms with van der Waals surface area (Å²) in [5.41, 5.74) is 0.877. The van der Waals surface area contributed by atoms with Crippen LogP contribution in [0.4, 0.5) is 8.78 Å². The van der Waals surface area contributed by atoms with E-state index in [1.54, 1.807) is 6.07 Å². The Morgan fingerprint density at radius 3 is 2.83 bits per heavy atom. The van der Waals surface area contributed by atoms with Crippen molar-refractivity contribution in [1.29, 1.82) is 0 Å². The van der Waals surface area contributed by atoms with Crippen LogP contribution in [0.25, 0.3) is 0 Å². The molecule has 1 aromatic heterocycles. The van der Waals surface area contributed by atoms with Crippen LogP contribution in [-0.2, 0) is 6.54 Å². The van der Waals surface area contributed by atoms with Crippen molar-refractivity contribution in [3.05, 3.63) is 24.2 Å². The van der Waals surface area contributed by atoms with Crippen LogP contribution in [0.15, 0.2) is 23.0 Å². The normalized spacial score (nSPS) is 13.7. The van der Waals surface area contributed by atoms with E-state index >= 15 is 0 Å². The van der Waals surface area contributed by atoms with Crippen molar-refractivity contribution in [2.24, 2.45) is 0 Å². The maximum atomic E-state index is 12.0. The van der Waals surface area contributed by atoms with E-state index in [0.717, 1.165) is 5.56 Å². The molecule has 1 rings (SSSR count). The van der Waals surface area contributed by atoms with Gasteiger partial charge in [-0.3, -0.25) is 0 Å². The Hall–Kier alpha value is -0.900. The molecule has 0 spiro atoms. The molecule has 1 heterocycles. The molecule has 1 atom stereocenters. The molecule has 68 valence electrons. The molecule has 0 saturated carbocycles. The second kappa shape index (κ2) is 4.21. The van der Waals surface area contributed by atoms with Crippen molar-refractivity contribution < 1.29 is 13.2 Å². The number of rotatable bonds is 4. The van der Waals surface area contributed by atoms with E-state index in [1.807, 2.05) is 0 Å². The predicted octanol–water partition coefficient (Wildman–Crippen LogP) is 2.02. The summed E-state index contributed by atoms with van der Waals surface area (Å²) in [5.74, 6) is 0. The van der Waals surface area contributed by atoms with Crippen LogP contribution in [0, 0.1) is 0 Å². The molecule has 0 aliphatic carbocycles. The first-order valence-electron chi connectivity index (χ1n) is 3.72. The molecule has 1 N–H and O–H groups in total. The fourth-order valence-electron chi connectivity index (χ4n) is 0.761. The summed E-state index contributed by atoms with van der Waals surface area (Å²) in [7, 11) is 0. The standard InChI is InChI=1S/C8H11F2NO/c1-6(8(9)10)11-4-7-2-3-12-5-7/h2-3,5-6,8,11H,4H2,1H3. The Morgan fingerprint density at radius 1 is 1.58 bits per heavy atom. The lowest BCUT2D eigenvalue weighted by atomic mass is 10.3. The maximum Gasteiger partial charge on any atom is 0.253 e. The quantitative estimate of drug-likeness (QED) is 0.757. The third-order valence-electron chi connectivity index (χ3n) is 1.59. The summed E-state index contributed by atoms with van der Waals surface area (Å²) in [4.78, 5) is 0. The van der Waals surface area contributed by atoms with Crippen LogP contribution in [0.2, 0.25) is 0 Å². The van der Waals surface area contributed by atoms with Crippen LogP contribution in [-0.4, -0.2) is 12.5 Å². The Kier molecular flexibility index (Phi) is 3.22. The zero-order chi connectivity index (χ0) is 8.97. The van der Waals surface area contributed by atoms with Crippen molar-refractivity contribution in [3.63, 3.8) is 0 Å². The van der Waals surface area contributed by atoms with Gasteiger partial charge in [0.25, 0.3) is 6.43 Å². The van der Waals surface area contributed by atoms with Gasteiger partial charge in [0.05, 0.1) is 18.6 Å². The zero-order valence-corrected chi connectivity index (χ0v) is 6.76. The zero-order valence-electron chi connectivity index (χ0n) is 6.76. The number of alkyl halides is 2. The maximum absolute atomic E-state index is 12.0. The minimum absolute atomic E-state index is 0.419. The SMILES string of the molecule is CC(NCc1ccoc1)C(F)F. The molecule has 0 radical (unpaired) electrons. The second-order valence-corrected chi connectivity index (χ2v) is 2.64. The smallest absolute Gasteiger partial charge is 0.253 e. The highest BCUT2D eigenvalue weighted by Gasteiger charge is 2.12. The molecule has 4 heteroatoms. The number of hydrogen-bond acceptors (Lipinski definition) is 2. The summed E-state index contributed by atoms with van der Waals surface area (Å²) in [5, 5.41) is 2.67. The van der Waals surface area contributed by atoms with E-state index in [4.69, 9.17) is 4.42 Å². The van der Waals surface area contributed by atoms with Crippen molar-refractivity contribution in [3.8, 4) is 0 Å². The molecule has 0 aliphatic rings. The number of hydrogen-bond donors (Lipinski definition) is 1. The third kappa shape index (κ3) is 2.62. The highest BCUT2D eigenvalue weighted by Crippen LogP contribution is 2.03. The van der Waals surface area contributed by atoms with E-state index in [2.05, 4.69) is 5.32 Å². The molecule has 1 aromatic rings. The lowest BCUT2D eigenvalue weighted by Crippen LogP contribution is -2.31. The lowest BCUT2D eigenvalue weighted by molar-refractivity contribution is 0.105. The molecule has 0 aromatic carbocycles. The summed E-state index contributed by atoms with van der Waals surface area (Å²) < 4.78 is 28.7. The largest absolute Gasteiger partial charge is 0.472 e. The topological polar surface area (TPSA) is 25.2 Å². The Balaban J connectivity index is 2.27. The van der Waals surface area contributed by atoms with Gasteiger partial charge >= 0.3 is 0 Å². The fraction of sp³-hybridized carbons (Fsp3) is 0.500. The molecule has 0 fully saturated rings. The predicted molar refractivity (Wildman–Crippen MR) is 41.0 cm³/mol. The molecule has 2 nitrogen and oxygen atoms in total. The van der Waals surface area contributed by atoms with Crippen LogP contribution in [0.3, 0.4) is 0 Å². The molecule has 0 bridgehead atoms. The molecule has 0 saturated heterocycles. The van der Waals surface area contributed by atoms with Gasteiger partial charge in [-0.1, -0.05) is 0 Å². The van der Waals surface area contributed by atoms with Gasteiger partial charge in [-0.25, -0.2) is 8.78 Å². The highest BCUT2D eigenvalue weighted by atomic mass is 19.3. The van der Waals surface area contributed by atoms with Crippen molar-refractivity contribution in [1.82, 2.24) is 5.32 Å². The Morgan fingerprint density at radius 2 is 2.33 bits per heavy atom. The van der Waals surface area contributed by atoms with E-state index in [0.29, 0.717) is 6.54 Å². The van der Waals surface area contributed by atoms with Crippen molar-refractivity contribution in [2.75, 3.05) is 0 Å². The van der Waals surface area contributed by atoms with E-state index in [1.165, 1.54) is 19.5 Å². The van der Waals surface area contributed by atoms with Gasteiger partial charge in [0.2, 0.25) is 0 Å². The monoisotopic (exact) mass is 175 g/mol. The van der Waals surface area contributed by atoms with Gasteiger partial charge < -0.3 is 9.73 Å². The van der Waals surface area contributed by atoms with Crippen LogP contribution in [0.5, 0.6) is 0 Å². The average molecular weight is 175 g/mol. The Labute approximate surface area is 69.6 Å². The van der Waals surface area contributed by atoms with Crippen LogP contribution < -0.4 is 5.32 Å². The fourth-order valence-corrected chi connectivity index (χ4v) is 0.761. The molecule has 12 heavy (non-hydrogen) atoms. The van der Waals surface area contributed by atoms with Gasteiger partial charge in [-0.2, -0.15) is 0 Å². The lowest BCUT2D eigenvalue weighted by Gasteiger charge is -2.10. The van der Waals surface area contributed by atoms with Crippen LogP contribution in [0.1, 0.15) is 12.5 Å². The Bertz CT molecular complexity index is 211. The van der Waals surface area contributed by atoms with Gasteiger partial charge in [0.15, 0.2) is 0 Å². The minimum atomic E-state index is -2.32. The first kappa shape index (κ1) is 9.19. The average Bonchev–Trinajstić information content (AvgIpc) is 2.51. The molecular weight excluding hydrogens is 164 g/mol. The number of furan rings is 1. The van der Waals surface area contributed by atoms with Gasteiger partial charge in [0, 0.05) is 12.1 Å². The summed E-state index contributed by atoms with van der Waals surface area (Å²) >= 11 is 0. The van der Waals surface area contributed by atoms with Gasteiger partial charge in [0.1, 0.15) is 0 Å². The van der Waals surface area contributed by atoms with Crippen LogP contribution >= 0.6 is 0 Å². The second-order valence-electron chi connectivity index (χ2n) is 2.64. The van der Waals surface area contributed by atoms with Crippen molar-refractivity contribution >= 4 is 0 Å². The van der Waals surface area contributed by atoms with Gasteiger partial charge in [-0.05, 0) is 13.0 Å². The first-order chi connectivity index (χ1) is 5.70. The summed E-state index contributed by atoms with van der Waals surface area (Å²) in [6, 6.07) is 0.963. The van der Waals surface area contributed by atoms with Gasteiger partial charge in [-0.15, -0.1) is 0 Å².